The van der Waals surface area contributed by atoms with Crippen molar-refractivity contribution in [2.45, 2.75) is 13.5 Å². The average molecular weight is 419 g/mol. The molecule has 3 aromatic rings. The van der Waals surface area contributed by atoms with E-state index < -0.39 is 4.92 Å². The summed E-state index contributed by atoms with van der Waals surface area (Å²) in [5.74, 6) is -0.270. The highest BCUT2D eigenvalue weighted by molar-refractivity contribution is 6.31. The van der Waals surface area contributed by atoms with Crippen molar-refractivity contribution in [2.24, 2.45) is 0 Å². The van der Waals surface area contributed by atoms with Crippen molar-refractivity contribution in [1.82, 2.24) is 14.7 Å². The lowest BCUT2D eigenvalue weighted by molar-refractivity contribution is -0.384. The molecule has 2 aromatic carbocycles. The Bertz CT molecular complexity index is 1070. The monoisotopic (exact) mass is 418 g/mol. The van der Waals surface area contributed by atoms with Crippen LogP contribution >= 0.6 is 23.2 Å². The number of hydrogen-bond donors (Lipinski definition) is 0. The Balaban J connectivity index is 1.85. The molecule has 3 rings (SSSR count). The first-order chi connectivity index (χ1) is 13.3. The second-order valence-electron chi connectivity index (χ2n) is 6.23. The minimum absolute atomic E-state index is 0.0785. The van der Waals surface area contributed by atoms with Crippen molar-refractivity contribution in [3.63, 3.8) is 0 Å². The van der Waals surface area contributed by atoms with E-state index in [1.807, 2.05) is 6.07 Å². The maximum Gasteiger partial charge on any atom is 0.269 e. The molecule has 1 amide bonds. The Morgan fingerprint density at radius 3 is 2.68 bits per heavy atom. The van der Waals surface area contributed by atoms with Crippen LogP contribution in [0.1, 0.15) is 21.6 Å². The Hall–Kier alpha value is -2.90. The molecule has 0 bridgehead atoms. The molecule has 0 spiro atoms. The van der Waals surface area contributed by atoms with Gasteiger partial charge in [-0.25, -0.2) is 4.68 Å². The quantitative estimate of drug-likeness (QED) is 0.445. The van der Waals surface area contributed by atoms with E-state index >= 15 is 0 Å². The maximum absolute atomic E-state index is 12.9. The highest BCUT2D eigenvalue weighted by Gasteiger charge is 2.20. The van der Waals surface area contributed by atoms with Crippen LogP contribution in [0.5, 0.6) is 0 Å². The van der Waals surface area contributed by atoms with Crippen LogP contribution in [0.4, 0.5) is 5.69 Å². The van der Waals surface area contributed by atoms with Gasteiger partial charge in [0.25, 0.3) is 11.6 Å². The van der Waals surface area contributed by atoms with Gasteiger partial charge in [-0.1, -0.05) is 29.3 Å². The Morgan fingerprint density at radius 1 is 1.25 bits per heavy atom. The molecule has 0 fully saturated rings. The summed E-state index contributed by atoms with van der Waals surface area (Å²) in [5, 5.41) is 16.2. The zero-order valence-electron chi connectivity index (χ0n) is 15.1. The number of hydrogen-bond acceptors (Lipinski definition) is 4. The third-order valence-electron chi connectivity index (χ3n) is 4.29. The van der Waals surface area contributed by atoms with Gasteiger partial charge in [-0.05, 0) is 36.8 Å². The number of nitro groups is 1. The number of rotatable bonds is 5. The van der Waals surface area contributed by atoms with Crippen LogP contribution < -0.4 is 0 Å². The fourth-order valence-corrected chi connectivity index (χ4v) is 3.18. The molecule has 0 saturated carbocycles. The lowest BCUT2D eigenvalue weighted by Gasteiger charge is -2.18. The molecule has 0 aliphatic rings. The van der Waals surface area contributed by atoms with Gasteiger partial charge in [-0.2, -0.15) is 5.10 Å². The summed E-state index contributed by atoms with van der Waals surface area (Å²) in [7, 11) is 1.60. The number of carbonyl (C=O) groups excluding carboxylic acids is 1. The molecule has 9 heteroatoms. The van der Waals surface area contributed by atoms with Gasteiger partial charge in [-0.3, -0.25) is 14.9 Å². The molecule has 0 saturated heterocycles. The molecule has 0 radical (unpaired) electrons. The first-order valence-corrected chi connectivity index (χ1v) is 9.02. The number of halogens is 2. The van der Waals surface area contributed by atoms with Crippen molar-refractivity contribution in [3.8, 4) is 5.69 Å². The molecule has 0 N–H and O–H groups in total. The van der Waals surface area contributed by atoms with Gasteiger partial charge < -0.3 is 4.90 Å². The number of nitro benzene ring substituents is 1. The van der Waals surface area contributed by atoms with Crippen LogP contribution in [0.15, 0.2) is 48.7 Å². The average Bonchev–Trinajstić information content (AvgIpc) is 3.04. The fourth-order valence-electron chi connectivity index (χ4n) is 2.82. The van der Waals surface area contributed by atoms with Crippen molar-refractivity contribution in [2.75, 3.05) is 7.05 Å². The predicted octanol–water partition coefficient (Wildman–Crippen LogP) is 4.67. The van der Waals surface area contributed by atoms with E-state index in [2.05, 4.69) is 5.10 Å². The van der Waals surface area contributed by atoms with Gasteiger partial charge in [0, 0.05) is 35.8 Å². The van der Waals surface area contributed by atoms with Crippen molar-refractivity contribution >= 4 is 34.8 Å². The van der Waals surface area contributed by atoms with Gasteiger partial charge in [0.1, 0.15) is 0 Å². The fraction of sp³-hybridized carbons (Fsp3) is 0.158. The highest BCUT2D eigenvalue weighted by Crippen LogP contribution is 2.24. The van der Waals surface area contributed by atoms with Crippen LogP contribution in [0.2, 0.25) is 10.0 Å². The molecule has 7 nitrogen and oxygen atoms in total. The van der Waals surface area contributed by atoms with E-state index in [0.29, 0.717) is 26.9 Å². The molecule has 28 heavy (non-hydrogen) atoms. The third kappa shape index (κ3) is 4.00. The van der Waals surface area contributed by atoms with Gasteiger partial charge >= 0.3 is 0 Å². The van der Waals surface area contributed by atoms with Gasteiger partial charge in [0.05, 0.1) is 28.1 Å². The van der Waals surface area contributed by atoms with Crippen LogP contribution in [-0.4, -0.2) is 32.6 Å². The number of nitrogens with zero attached hydrogens (tertiary/aromatic N) is 4. The van der Waals surface area contributed by atoms with Crippen molar-refractivity contribution in [3.05, 3.63) is 85.6 Å². The number of amides is 1. The second-order valence-corrected chi connectivity index (χ2v) is 7.07. The Morgan fingerprint density at radius 2 is 2.00 bits per heavy atom. The SMILES string of the molecule is Cc1c(C(=O)N(C)Cc2cc([N+](=O)[O-])ccc2Cl)cnn1-c1cccc(Cl)c1. The van der Waals surface area contributed by atoms with E-state index in [9.17, 15) is 14.9 Å². The molecule has 0 unspecified atom stereocenters. The summed E-state index contributed by atoms with van der Waals surface area (Å²) in [6.07, 6.45) is 1.49. The van der Waals surface area contributed by atoms with Crippen LogP contribution in [0, 0.1) is 17.0 Å². The van der Waals surface area contributed by atoms with Gasteiger partial charge in [0.15, 0.2) is 0 Å². The summed E-state index contributed by atoms with van der Waals surface area (Å²) in [6, 6.07) is 11.3. The molecule has 1 aromatic heterocycles. The number of non-ortho nitro benzene ring substituents is 1. The zero-order chi connectivity index (χ0) is 20.4. The first kappa shape index (κ1) is 19.9. The highest BCUT2D eigenvalue weighted by atomic mass is 35.5. The molecule has 0 atom stereocenters. The predicted molar refractivity (Wildman–Crippen MR) is 107 cm³/mol. The normalized spacial score (nSPS) is 10.7. The number of benzene rings is 2. The second kappa shape index (κ2) is 8.00. The zero-order valence-corrected chi connectivity index (χ0v) is 16.6. The molecule has 0 aliphatic heterocycles. The summed E-state index contributed by atoms with van der Waals surface area (Å²) >= 11 is 12.2. The topological polar surface area (TPSA) is 81.3 Å². The van der Waals surface area contributed by atoms with Gasteiger partial charge in [-0.15, -0.1) is 0 Å². The van der Waals surface area contributed by atoms with E-state index in [0.717, 1.165) is 5.69 Å². The van der Waals surface area contributed by atoms with Crippen LogP contribution in [0.25, 0.3) is 5.69 Å². The summed E-state index contributed by atoms with van der Waals surface area (Å²) in [5.41, 5.74) is 2.23. The number of carbonyl (C=O) groups is 1. The van der Waals surface area contributed by atoms with E-state index in [-0.39, 0.29) is 18.1 Å². The van der Waals surface area contributed by atoms with Crippen molar-refractivity contribution in [1.29, 1.82) is 0 Å². The molecule has 1 heterocycles. The largest absolute Gasteiger partial charge is 0.337 e. The summed E-state index contributed by atoms with van der Waals surface area (Å²) in [6.45, 7) is 1.91. The minimum atomic E-state index is -0.499. The first-order valence-electron chi connectivity index (χ1n) is 8.26. The van der Waals surface area contributed by atoms with Crippen molar-refractivity contribution < 1.29 is 9.72 Å². The lowest BCUT2D eigenvalue weighted by Crippen LogP contribution is -2.26. The van der Waals surface area contributed by atoms with E-state index in [4.69, 9.17) is 23.2 Å². The third-order valence-corrected chi connectivity index (χ3v) is 4.89. The molecule has 0 aliphatic carbocycles. The Labute approximate surface area is 171 Å². The van der Waals surface area contributed by atoms with Crippen LogP contribution in [-0.2, 0) is 6.54 Å². The maximum atomic E-state index is 12.9. The smallest absolute Gasteiger partial charge is 0.269 e. The summed E-state index contributed by atoms with van der Waals surface area (Å²) < 4.78 is 1.63. The van der Waals surface area contributed by atoms with E-state index in [1.165, 1.54) is 29.3 Å². The summed E-state index contributed by atoms with van der Waals surface area (Å²) in [4.78, 5) is 24.8. The van der Waals surface area contributed by atoms with E-state index in [1.54, 1.807) is 36.9 Å². The lowest BCUT2D eigenvalue weighted by atomic mass is 10.1. The minimum Gasteiger partial charge on any atom is -0.337 e. The molecular formula is C19H16Cl2N4O3. The standard InChI is InChI=1S/C19H16Cl2N4O3/c1-12-17(10-22-24(12)15-5-3-4-14(20)9-15)19(26)23(2)11-13-8-16(25(27)28)6-7-18(13)21/h3-10H,11H2,1-2H3. The molecular weight excluding hydrogens is 403 g/mol. The molecule has 144 valence electrons. The van der Waals surface area contributed by atoms with Gasteiger partial charge in [0.2, 0.25) is 0 Å². The van der Waals surface area contributed by atoms with Crippen LogP contribution in [0.3, 0.4) is 0 Å². The Kier molecular flexibility index (Phi) is 5.67. The number of aromatic nitrogens is 2.